The molecule has 0 radical (unpaired) electrons. The van der Waals surface area contributed by atoms with Gasteiger partial charge in [0.2, 0.25) is 0 Å². The topological polar surface area (TPSA) is 125 Å². The minimum atomic E-state index is -3.84. The molecule has 2 aromatic rings. The molecule has 0 spiro atoms. The van der Waals surface area contributed by atoms with Crippen molar-refractivity contribution in [1.29, 1.82) is 0 Å². The average molecular weight is 292 g/mol. The molecule has 3 N–H and O–H groups in total. The van der Waals surface area contributed by atoms with Crippen molar-refractivity contribution >= 4 is 21.5 Å². The van der Waals surface area contributed by atoms with Crippen molar-refractivity contribution in [2.24, 2.45) is 4.99 Å². The summed E-state index contributed by atoms with van der Waals surface area (Å²) in [6.07, 6.45) is 0.994. The van der Waals surface area contributed by atoms with Crippen molar-refractivity contribution in [3.8, 4) is 5.75 Å². The highest BCUT2D eigenvalue weighted by molar-refractivity contribution is 7.90. The van der Waals surface area contributed by atoms with E-state index in [0.29, 0.717) is 0 Å². The Labute approximate surface area is 112 Å². The molecule has 3 rings (SSSR count). The molecule has 8 nitrogen and oxygen atoms in total. The summed E-state index contributed by atoms with van der Waals surface area (Å²) in [6, 6.07) is 6.08. The van der Waals surface area contributed by atoms with Crippen molar-refractivity contribution < 1.29 is 13.5 Å². The van der Waals surface area contributed by atoms with Crippen LogP contribution in [0.1, 0.15) is 5.56 Å². The quantitative estimate of drug-likeness (QED) is 0.674. The number of benzene rings is 1. The highest BCUT2D eigenvalue weighted by Crippen LogP contribution is 2.28. The lowest BCUT2D eigenvalue weighted by molar-refractivity contribution is 0.468. The number of nitrogens with zero attached hydrogens (tertiary/aromatic N) is 2. The van der Waals surface area contributed by atoms with Crippen LogP contribution in [0.15, 0.2) is 45.1 Å². The maximum absolute atomic E-state index is 12.1. The van der Waals surface area contributed by atoms with E-state index in [1.54, 1.807) is 12.1 Å². The first-order valence-electron chi connectivity index (χ1n) is 5.46. The van der Waals surface area contributed by atoms with Crippen molar-refractivity contribution in [3.05, 3.63) is 46.4 Å². The molecule has 1 aliphatic heterocycles. The maximum Gasteiger partial charge on any atom is 0.279 e. The van der Waals surface area contributed by atoms with E-state index in [1.807, 2.05) is 0 Å². The highest BCUT2D eigenvalue weighted by atomic mass is 32.2. The van der Waals surface area contributed by atoms with Crippen LogP contribution in [0.3, 0.4) is 0 Å². The van der Waals surface area contributed by atoms with Crippen LogP contribution in [-0.2, 0) is 10.0 Å². The Hall–Kier alpha value is -2.68. The molecule has 0 atom stereocenters. The van der Waals surface area contributed by atoms with Crippen LogP contribution in [0.4, 0.5) is 5.69 Å². The number of sulfonamides is 1. The van der Waals surface area contributed by atoms with Crippen LogP contribution < -0.4 is 10.3 Å². The van der Waals surface area contributed by atoms with Gasteiger partial charge in [0.1, 0.15) is 10.5 Å². The number of aromatic amines is 1. The standard InChI is InChI=1S/C11H8N4O4S/c16-7-5-12-14-11(17)9(7)10-13-6-3-1-2-4-8(6)20(18,19)15-10/h1-5H,(H,13,15)(H2,14,16,17). The van der Waals surface area contributed by atoms with Gasteiger partial charge in [-0.2, -0.15) is 5.10 Å². The van der Waals surface area contributed by atoms with E-state index < -0.39 is 21.3 Å². The van der Waals surface area contributed by atoms with Gasteiger partial charge in [-0.05, 0) is 12.1 Å². The number of rotatable bonds is 1. The van der Waals surface area contributed by atoms with E-state index >= 15 is 0 Å². The molecule has 9 heteroatoms. The molecule has 0 unspecified atom stereocenters. The number of H-pyrrole nitrogens is 1. The Morgan fingerprint density at radius 3 is 2.70 bits per heavy atom. The van der Waals surface area contributed by atoms with Crippen LogP contribution in [0, 0.1) is 0 Å². The van der Waals surface area contributed by atoms with Crippen LogP contribution in [0.2, 0.25) is 0 Å². The summed E-state index contributed by atoms with van der Waals surface area (Å²) in [4.78, 5) is 15.7. The Balaban J connectivity index is 2.29. The first kappa shape index (κ1) is 12.4. The molecule has 0 saturated heterocycles. The third-order valence-electron chi connectivity index (χ3n) is 2.69. The molecule has 0 saturated carbocycles. The number of aromatic hydroxyl groups is 1. The molecular weight excluding hydrogens is 284 g/mol. The Bertz CT molecular complexity index is 885. The predicted molar refractivity (Wildman–Crippen MR) is 69.5 cm³/mol. The van der Waals surface area contributed by atoms with E-state index in [4.69, 9.17) is 0 Å². The normalized spacial score (nSPS) is 15.9. The summed E-state index contributed by atoms with van der Waals surface area (Å²) < 4.78 is 26.3. The number of aliphatic imine (C=N–C) groups is 1. The van der Waals surface area contributed by atoms with E-state index in [9.17, 15) is 18.3 Å². The SMILES string of the molecule is O=c1[nH]ncc(O)c1C1=Nc2ccccc2S(=O)(=O)N1. The Kier molecular flexibility index (Phi) is 2.57. The average Bonchev–Trinajstić information content (AvgIpc) is 2.38. The van der Waals surface area contributed by atoms with Gasteiger partial charge in [0.05, 0.1) is 11.9 Å². The first-order valence-corrected chi connectivity index (χ1v) is 6.95. The Morgan fingerprint density at radius 1 is 1.20 bits per heavy atom. The molecule has 1 aromatic heterocycles. The zero-order valence-electron chi connectivity index (χ0n) is 9.86. The smallest absolute Gasteiger partial charge is 0.279 e. The van der Waals surface area contributed by atoms with Gasteiger partial charge < -0.3 is 5.11 Å². The van der Waals surface area contributed by atoms with Gasteiger partial charge >= 0.3 is 0 Å². The van der Waals surface area contributed by atoms with Gasteiger partial charge in [-0.1, -0.05) is 12.1 Å². The van der Waals surface area contributed by atoms with Crippen molar-refractivity contribution in [1.82, 2.24) is 14.9 Å². The summed E-state index contributed by atoms with van der Waals surface area (Å²) in [5, 5.41) is 15.2. The van der Waals surface area contributed by atoms with Crippen LogP contribution >= 0.6 is 0 Å². The zero-order chi connectivity index (χ0) is 14.3. The minimum absolute atomic E-state index is 0.00808. The van der Waals surface area contributed by atoms with E-state index in [0.717, 1.165) is 6.20 Å². The number of para-hydroxylation sites is 1. The molecule has 0 bridgehead atoms. The Morgan fingerprint density at radius 2 is 1.95 bits per heavy atom. The minimum Gasteiger partial charge on any atom is -0.505 e. The van der Waals surface area contributed by atoms with Crippen molar-refractivity contribution in [3.63, 3.8) is 0 Å². The van der Waals surface area contributed by atoms with Gasteiger partial charge in [0.15, 0.2) is 11.6 Å². The van der Waals surface area contributed by atoms with Crippen molar-refractivity contribution in [2.45, 2.75) is 4.90 Å². The number of aromatic nitrogens is 2. The van der Waals surface area contributed by atoms with E-state index in [2.05, 4.69) is 19.9 Å². The molecular formula is C11H8N4O4S. The van der Waals surface area contributed by atoms with Gasteiger partial charge in [-0.25, -0.2) is 18.5 Å². The summed E-state index contributed by atoms with van der Waals surface area (Å²) in [7, 11) is -3.84. The lowest BCUT2D eigenvalue weighted by Crippen LogP contribution is -2.37. The fourth-order valence-electron chi connectivity index (χ4n) is 1.83. The summed E-state index contributed by atoms with van der Waals surface area (Å²) in [6.45, 7) is 0. The number of amidine groups is 1. The molecule has 0 fully saturated rings. The lowest BCUT2D eigenvalue weighted by Gasteiger charge is -2.17. The fourth-order valence-corrected chi connectivity index (χ4v) is 2.99. The number of fused-ring (bicyclic) bond motifs is 1. The third-order valence-corrected chi connectivity index (χ3v) is 4.08. The molecule has 20 heavy (non-hydrogen) atoms. The monoisotopic (exact) mass is 292 g/mol. The number of nitrogens with one attached hydrogen (secondary N) is 2. The van der Waals surface area contributed by atoms with Gasteiger partial charge in [0.25, 0.3) is 15.6 Å². The summed E-state index contributed by atoms with van der Waals surface area (Å²) in [5.41, 5.74) is -0.833. The largest absolute Gasteiger partial charge is 0.505 e. The number of hydrogen-bond donors (Lipinski definition) is 3. The highest BCUT2D eigenvalue weighted by Gasteiger charge is 2.28. The van der Waals surface area contributed by atoms with E-state index in [1.165, 1.54) is 12.1 Å². The second kappa shape index (κ2) is 4.17. The maximum atomic E-state index is 12.1. The molecule has 0 aliphatic carbocycles. The van der Waals surface area contributed by atoms with Crippen LogP contribution in [-0.4, -0.2) is 29.6 Å². The molecule has 1 aromatic carbocycles. The number of hydrogen-bond acceptors (Lipinski definition) is 6. The first-order chi connectivity index (χ1) is 9.49. The van der Waals surface area contributed by atoms with Gasteiger partial charge in [-0.15, -0.1) is 0 Å². The molecule has 102 valence electrons. The molecule has 0 amide bonds. The zero-order valence-corrected chi connectivity index (χ0v) is 10.7. The van der Waals surface area contributed by atoms with Crippen molar-refractivity contribution in [2.75, 3.05) is 0 Å². The molecule has 1 aliphatic rings. The van der Waals surface area contributed by atoms with Crippen LogP contribution in [0.25, 0.3) is 0 Å². The summed E-state index contributed by atoms with van der Waals surface area (Å²) >= 11 is 0. The second-order valence-electron chi connectivity index (χ2n) is 3.99. The summed E-state index contributed by atoms with van der Waals surface area (Å²) in [5.74, 6) is -0.709. The third kappa shape index (κ3) is 1.84. The van der Waals surface area contributed by atoms with Gasteiger partial charge in [0, 0.05) is 0 Å². The predicted octanol–water partition coefficient (Wildman–Crippen LogP) is -0.154. The van der Waals surface area contributed by atoms with E-state index in [-0.39, 0.29) is 22.0 Å². The molecule has 2 heterocycles. The second-order valence-corrected chi connectivity index (χ2v) is 5.64. The lowest BCUT2D eigenvalue weighted by atomic mass is 10.2. The fraction of sp³-hybridized carbons (Fsp3) is 0. The van der Waals surface area contributed by atoms with Gasteiger partial charge in [-0.3, -0.25) is 9.52 Å². The van der Waals surface area contributed by atoms with Crippen LogP contribution in [0.5, 0.6) is 5.75 Å².